The summed E-state index contributed by atoms with van der Waals surface area (Å²) < 4.78 is 34.4. The molecule has 130 valence electrons. The van der Waals surface area contributed by atoms with Gasteiger partial charge in [-0.25, -0.2) is 8.42 Å². The maximum absolute atomic E-state index is 13.3. The van der Waals surface area contributed by atoms with Crippen molar-refractivity contribution in [2.75, 3.05) is 13.2 Å². The molecule has 0 radical (unpaired) electrons. The van der Waals surface area contributed by atoms with Crippen LogP contribution in [-0.2, 0) is 20.2 Å². The minimum Gasteiger partial charge on any atom is -0.358 e. The number of rotatable bonds is 3. The zero-order chi connectivity index (χ0) is 17.4. The smallest absolute Gasteiger partial charge is 0.245 e. The van der Waals surface area contributed by atoms with Crippen LogP contribution in [0.1, 0.15) is 18.1 Å². The Hall–Kier alpha value is -1.69. The lowest BCUT2D eigenvalue weighted by Gasteiger charge is -2.38. The number of hydrogen-bond acceptors (Lipinski definition) is 3. The molecule has 0 N–H and O–H groups in total. The number of ether oxygens (including phenoxy) is 1. The van der Waals surface area contributed by atoms with Gasteiger partial charge in [0.15, 0.2) is 0 Å². The molecule has 5 heteroatoms. The van der Waals surface area contributed by atoms with Crippen molar-refractivity contribution >= 4 is 10.0 Å². The van der Waals surface area contributed by atoms with Crippen molar-refractivity contribution in [3.05, 3.63) is 65.7 Å². The minimum absolute atomic E-state index is 0.202. The molecule has 1 saturated carbocycles. The van der Waals surface area contributed by atoms with Gasteiger partial charge in [-0.05, 0) is 37.5 Å². The minimum atomic E-state index is -3.59. The van der Waals surface area contributed by atoms with E-state index in [1.54, 1.807) is 16.4 Å². The first-order valence-electron chi connectivity index (χ1n) is 8.71. The number of benzene rings is 2. The summed E-state index contributed by atoms with van der Waals surface area (Å²) in [5.41, 5.74) is 1.23. The summed E-state index contributed by atoms with van der Waals surface area (Å²) in [7, 11) is -3.59. The quantitative estimate of drug-likeness (QED) is 0.850. The number of hydrogen-bond donors (Lipinski definition) is 0. The molecule has 25 heavy (non-hydrogen) atoms. The van der Waals surface area contributed by atoms with Crippen molar-refractivity contribution in [3.8, 4) is 0 Å². The van der Waals surface area contributed by atoms with Crippen LogP contribution in [-0.4, -0.2) is 31.6 Å². The average molecular weight is 355 g/mol. The Morgan fingerprint density at radius 1 is 1.04 bits per heavy atom. The number of aryl methyl sites for hydroxylation is 1. The van der Waals surface area contributed by atoms with Crippen LogP contribution in [0.4, 0.5) is 0 Å². The second-order valence-electron chi connectivity index (χ2n) is 7.59. The molecular formula is C20H21NO3S. The molecule has 1 aliphatic carbocycles. The van der Waals surface area contributed by atoms with Gasteiger partial charge in [0.25, 0.3) is 0 Å². The largest absolute Gasteiger partial charge is 0.358 e. The number of sulfonamides is 1. The average Bonchev–Trinajstić information content (AvgIpc) is 3.10. The predicted octanol–water partition coefficient (Wildman–Crippen LogP) is 2.93. The van der Waals surface area contributed by atoms with Gasteiger partial charge < -0.3 is 4.74 Å². The van der Waals surface area contributed by atoms with E-state index in [9.17, 15) is 8.42 Å². The normalized spacial score (nSPS) is 36.4. The number of fused-ring (bicyclic) bond motifs is 1. The van der Waals surface area contributed by atoms with Crippen LogP contribution < -0.4 is 0 Å². The molecule has 0 bridgehead atoms. The lowest BCUT2D eigenvalue weighted by Crippen LogP contribution is -2.52. The first kappa shape index (κ1) is 15.6. The van der Waals surface area contributed by atoms with E-state index in [4.69, 9.17) is 4.74 Å². The highest BCUT2D eigenvalue weighted by atomic mass is 32.2. The topological polar surface area (TPSA) is 46.6 Å². The van der Waals surface area contributed by atoms with Crippen LogP contribution in [0.15, 0.2) is 59.5 Å². The Labute approximate surface area is 148 Å². The summed E-state index contributed by atoms with van der Waals surface area (Å²) in [5.74, 6) is 0.762. The van der Waals surface area contributed by atoms with Crippen molar-refractivity contribution < 1.29 is 13.2 Å². The molecule has 0 amide bonds. The molecule has 2 aromatic carbocycles. The zero-order valence-electron chi connectivity index (χ0n) is 14.3. The molecule has 4 nitrogen and oxygen atoms in total. The van der Waals surface area contributed by atoms with E-state index < -0.39 is 15.7 Å². The summed E-state index contributed by atoms with van der Waals surface area (Å²) >= 11 is 0. The molecule has 0 aromatic heterocycles. The predicted molar refractivity (Wildman–Crippen MR) is 94.5 cm³/mol. The van der Waals surface area contributed by atoms with Gasteiger partial charge in [0, 0.05) is 17.9 Å². The third kappa shape index (κ3) is 1.71. The Balaban J connectivity index is 1.61. The van der Waals surface area contributed by atoms with Crippen LogP contribution in [0.3, 0.4) is 0 Å². The van der Waals surface area contributed by atoms with Crippen molar-refractivity contribution in [2.45, 2.75) is 29.9 Å². The van der Waals surface area contributed by atoms with Crippen LogP contribution in [0.25, 0.3) is 0 Å². The second kappa shape index (κ2) is 4.72. The lowest BCUT2D eigenvalue weighted by atomic mass is 9.85. The van der Waals surface area contributed by atoms with Gasteiger partial charge in [-0.3, -0.25) is 0 Å². The maximum Gasteiger partial charge on any atom is 0.245 e. The van der Waals surface area contributed by atoms with E-state index >= 15 is 0 Å². The summed E-state index contributed by atoms with van der Waals surface area (Å²) in [6.45, 7) is 5.08. The van der Waals surface area contributed by atoms with E-state index in [0.29, 0.717) is 29.9 Å². The summed E-state index contributed by atoms with van der Waals surface area (Å²) in [6.07, 6.45) is 0. The number of piperidine rings is 1. The highest BCUT2D eigenvalue weighted by molar-refractivity contribution is 7.89. The van der Waals surface area contributed by atoms with Crippen LogP contribution >= 0.6 is 0 Å². The molecule has 2 aromatic rings. The second-order valence-corrected chi connectivity index (χ2v) is 9.45. The highest BCUT2D eigenvalue weighted by Gasteiger charge is 2.85. The first-order chi connectivity index (χ1) is 11.9. The SMILES string of the molecule is Cc1ccc(S(=O)(=O)N2C[C@@H]3[C@@H]4CO[C@@]2(C)[C@]34c2ccccc2)cc1. The molecule has 0 unspecified atom stereocenters. The summed E-state index contributed by atoms with van der Waals surface area (Å²) in [6, 6.07) is 17.4. The molecular weight excluding hydrogens is 334 g/mol. The Morgan fingerprint density at radius 3 is 2.40 bits per heavy atom. The van der Waals surface area contributed by atoms with Crippen LogP contribution in [0, 0.1) is 18.8 Å². The van der Waals surface area contributed by atoms with E-state index in [1.807, 2.05) is 44.2 Å². The molecule has 0 spiro atoms. The third-order valence-corrected chi connectivity index (χ3v) is 8.50. The van der Waals surface area contributed by atoms with E-state index in [1.165, 1.54) is 5.56 Å². The molecule has 5 rings (SSSR count). The van der Waals surface area contributed by atoms with Crippen LogP contribution in [0.5, 0.6) is 0 Å². The van der Waals surface area contributed by atoms with E-state index in [0.717, 1.165) is 5.56 Å². The highest BCUT2D eigenvalue weighted by Crippen LogP contribution is 2.76. The monoisotopic (exact) mass is 355 g/mol. The molecule has 2 aliphatic heterocycles. The molecule has 3 fully saturated rings. The molecule has 2 heterocycles. The summed E-state index contributed by atoms with van der Waals surface area (Å²) in [5, 5.41) is 0. The van der Waals surface area contributed by atoms with Crippen molar-refractivity contribution in [3.63, 3.8) is 0 Å². The molecule has 3 aliphatic rings. The first-order valence-corrected chi connectivity index (χ1v) is 10.2. The molecule has 4 atom stereocenters. The van der Waals surface area contributed by atoms with Gasteiger partial charge in [-0.2, -0.15) is 4.31 Å². The number of nitrogens with zero attached hydrogens (tertiary/aromatic N) is 1. The van der Waals surface area contributed by atoms with Gasteiger partial charge in [0.1, 0.15) is 5.72 Å². The van der Waals surface area contributed by atoms with Crippen molar-refractivity contribution in [1.82, 2.24) is 4.31 Å². The van der Waals surface area contributed by atoms with E-state index in [2.05, 4.69) is 12.1 Å². The van der Waals surface area contributed by atoms with Gasteiger partial charge >= 0.3 is 0 Å². The Kier molecular flexibility index (Phi) is 2.94. The van der Waals surface area contributed by atoms with Gasteiger partial charge in [0.2, 0.25) is 10.0 Å². The van der Waals surface area contributed by atoms with Crippen molar-refractivity contribution in [1.29, 1.82) is 0 Å². The fourth-order valence-electron chi connectivity index (χ4n) is 5.32. The lowest BCUT2D eigenvalue weighted by molar-refractivity contribution is -0.0716. The van der Waals surface area contributed by atoms with Crippen LogP contribution in [0.2, 0.25) is 0 Å². The summed E-state index contributed by atoms with van der Waals surface area (Å²) in [4.78, 5) is 0.343. The van der Waals surface area contributed by atoms with Gasteiger partial charge in [-0.15, -0.1) is 0 Å². The zero-order valence-corrected chi connectivity index (χ0v) is 15.2. The third-order valence-electron chi connectivity index (χ3n) is 6.56. The molecule has 2 saturated heterocycles. The van der Waals surface area contributed by atoms with Gasteiger partial charge in [0.05, 0.1) is 11.5 Å². The van der Waals surface area contributed by atoms with Gasteiger partial charge in [-0.1, -0.05) is 48.0 Å². The Morgan fingerprint density at radius 2 is 1.72 bits per heavy atom. The Bertz CT molecular complexity index is 941. The maximum atomic E-state index is 13.3. The fraction of sp³-hybridized carbons (Fsp3) is 0.400. The van der Waals surface area contributed by atoms with Crippen molar-refractivity contribution in [2.24, 2.45) is 11.8 Å². The standard InChI is InChI=1S/C20H21NO3S/c1-14-8-10-16(11-9-14)25(22,23)21-12-17-18-13-24-19(21,2)20(17,18)15-6-4-3-5-7-15/h3-11,17-18H,12-13H2,1-2H3/t17-,18+,19+,20-/m1/s1. The fourth-order valence-corrected chi connectivity index (χ4v) is 7.08. The van der Waals surface area contributed by atoms with E-state index in [-0.39, 0.29) is 5.41 Å².